The van der Waals surface area contributed by atoms with Crippen molar-refractivity contribution in [1.29, 1.82) is 0 Å². The Labute approximate surface area is 166 Å². The van der Waals surface area contributed by atoms with Gasteiger partial charge in [-0.1, -0.05) is 95.0 Å². The van der Waals surface area contributed by atoms with Crippen LogP contribution in [0, 0.1) is 0 Å². The number of unbranched alkanes of at least 4 members (excludes halogenated alkanes) is 9. The predicted octanol–water partition coefficient (Wildman–Crippen LogP) is 4.98. The molecule has 4 heteroatoms. The minimum absolute atomic E-state index is 0.0369. The lowest BCUT2D eigenvalue weighted by atomic mass is 10.1. The number of benzene rings is 1. The number of aliphatic hydroxyl groups is 1. The van der Waals surface area contributed by atoms with E-state index in [9.17, 15) is 5.11 Å². The molecule has 0 fully saturated rings. The molecule has 0 heterocycles. The lowest BCUT2D eigenvalue weighted by molar-refractivity contribution is 0.254. The monoisotopic (exact) mass is 378 g/mol. The summed E-state index contributed by atoms with van der Waals surface area (Å²) in [6.45, 7) is 3.25. The van der Waals surface area contributed by atoms with Crippen LogP contribution in [0.4, 0.5) is 0 Å². The van der Waals surface area contributed by atoms with Gasteiger partial charge in [0.05, 0.1) is 12.6 Å². The van der Waals surface area contributed by atoms with Gasteiger partial charge in [0.2, 0.25) is 0 Å². The van der Waals surface area contributed by atoms with E-state index in [0.29, 0.717) is 5.11 Å². The van der Waals surface area contributed by atoms with Gasteiger partial charge in [-0.15, -0.1) is 0 Å². The van der Waals surface area contributed by atoms with Crippen molar-refractivity contribution in [2.24, 2.45) is 0 Å². The zero-order valence-electron chi connectivity index (χ0n) is 16.5. The molecule has 0 radical (unpaired) electrons. The van der Waals surface area contributed by atoms with Crippen molar-refractivity contribution in [1.82, 2.24) is 10.6 Å². The molecule has 0 amide bonds. The molecule has 26 heavy (non-hydrogen) atoms. The van der Waals surface area contributed by atoms with Gasteiger partial charge in [0.15, 0.2) is 5.11 Å². The van der Waals surface area contributed by atoms with Gasteiger partial charge in [-0.25, -0.2) is 0 Å². The van der Waals surface area contributed by atoms with E-state index in [0.717, 1.165) is 19.4 Å². The lowest BCUT2D eigenvalue weighted by Gasteiger charge is -2.19. The Morgan fingerprint density at radius 2 is 1.50 bits per heavy atom. The molecule has 1 aromatic rings. The van der Waals surface area contributed by atoms with Crippen LogP contribution in [0.5, 0.6) is 0 Å². The molecule has 0 aromatic heterocycles. The Hall–Kier alpha value is -1.13. The topological polar surface area (TPSA) is 44.3 Å². The molecule has 0 saturated heterocycles. The minimum atomic E-state index is -0.0369. The van der Waals surface area contributed by atoms with E-state index in [2.05, 4.69) is 29.7 Å². The molecule has 0 unspecified atom stereocenters. The average Bonchev–Trinajstić information content (AvgIpc) is 2.66. The fourth-order valence-electron chi connectivity index (χ4n) is 3.11. The first kappa shape index (κ1) is 22.9. The van der Waals surface area contributed by atoms with Crippen LogP contribution in [0.1, 0.15) is 76.7 Å². The number of rotatable bonds is 15. The second-order valence-corrected chi connectivity index (χ2v) is 7.56. The van der Waals surface area contributed by atoms with Gasteiger partial charge in [0, 0.05) is 6.54 Å². The van der Waals surface area contributed by atoms with Crippen LogP contribution in [0.2, 0.25) is 0 Å². The maximum Gasteiger partial charge on any atom is 0.166 e. The van der Waals surface area contributed by atoms with Gasteiger partial charge in [-0.3, -0.25) is 0 Å². The molecule has 0 aliphatic rings. The normalized spacial score (nSPS) is 11.9. The van der Waals surface area contributed by atoms with Crippen LogP contribution in [-0.4, -0.2) is 29.4 Å². The molecule has 1 atom stereocenters. The summed E-state index contributed by atoms with van der Waals surface area (Å²) < 4.78 is 0. The van der Waals surface area contributed by atoms with Gasteiger partial charge >= 0.3 is 0 Å². The van der Waals surface area contributed by atoms with Crippen LogP contribution >= 0.6 is 12.2 Å². The summed E-state index contributed by atoms with van der Waals surface area (Å²) in [5, 5.41) is 16.7. The molecular weight excluding hydrogens is 340 g/mol. The third kappa shape index (κ3) is 12.3. The fraction of sp³-hybridized carbons (Fsp3) is 0.682. The highest BCUT2D eigenvalue weighted by Gasteiger charge is 2.09. The standard InChI is InChI=1S/C22H38N2OS/c1-2-3-4-5-6-7-8-9-10-14-17-23-22(26)24-21(19-25)18-20-15-12-11-13-16-20/h11-13,15-16,21,25H,2-10,14,17-19H2,1H3,(H2,23,24,26)/t21-/m1/s1. The number of hydrogen-bond donors (Lipinski definition) is 3. The van der Waals surface area contributed by atoms with Gasteiger partial charge in [0.1, 0.15) is 0 Å². The van der Waals surface area contributed by atoms with Crippen LogP contribution in [-0.2, 0) is 6.42 Å². The highest BCUT2D eigenvalue weighted by atomic mass is 32.1. The summed E-state index contributed by atoms with van der Waals surface area (Å²) in [6, 6.07) is 10.2. The third-order valence-electron chi connectivity index (χ3n) is 4.70. The van der Waals surface area contributed by atoms with Gasteiger partial charge in [-0.05, 0) is 30.6 Å². The summed E-state index contributed by atoms with van der Waals surface area (Å²) >= 11 is 5.35. The third-order valence-corrected chi connectivity index (χ3v) is 4.96. The number of hydrogen-bond acceptors (Lipinski definition) is 2. The Balaban J connectivity index is 1.98. The molecule has 1 aromatic carbocycles. The highest BCUT2D eigenvalue weighted by molar-refractivity contribution is 7.80. The first-order chi connectivity index (χ1) is 12.8. The first-order valence-corrected chi connectivity index (χ1v) is 10.9. The van der Waals surface area contributed by atoms with E-state index in [1.807, 2.05) is 18.2 Å². The lowest BCUT2D eigenvalue weighted by Crippen LogP contribution is -2.44. The van der Waals surface area contributed by atoms with E-state index in [1.54, 1.807) is 0 Å². The van der Waals surface area contributed by atoms with E-state index >= 15 is 0 Å². The smallest absolute Gasteiger partial charge is 0.166 e. The zero-order chi connectivity index (χ0) is 18.9. The van der Waals surface area contributed by atoms with Crippen molar-refractivity contribution >= 4 is 17.3 Å². The van der Waals surface area contributed by atoms with Crippen LogP contribution in [0.25, 0.3) is 0 Å². The van der Waals surface area contributed by atoms with E-state index < -0.39 is 0 Å². The summed E-state index contributed by atoms with van der Waals surface area (Å²) in [4.78, 5) is 0. The Bertz CT molecular complexity index is 453. The minimum Gasteiger partial charge on any atom is -0.394 e. The van der Waals surface area contributed by atoms with Gasteiger partial charge < -0.3 is 15.7 Å². The second-order valence-electron chi connectivity index (χ2n) is 7.15. The predicted molar refractivity (Wildman–Crippen MR) is 117 cm³/mol. The van der Waals surface area contributed by atoms with Gasteiger partial charge in [-0.2, -0.15) is 0 Å². The molecule has 1 rings (SSSR count). The fourth-order valence-corrected chi connectivity index (χ4v) is 3.38. The molecular formula is C22H38N2OS. The van der Waals surface area contributed by atoms with Crippen molar-refractivity contribution in [3.8, 4) is 0 Å². The molecule has 0 saturated carbocycles. The van der Waals surface area contributed by atoms with Crippen molar-refractivity contribution in [3.63, 3.8) is 0 Å². The van der Waals surface area contributed by atoms with E-state index in [1.165, 1.54) is 63.4 Å². The van der Waals surface area contributed by atoms with Crippen LogP contribution in [0.15, 0.2) is 30.3 Å². The van der Waals surface area contributed by atoms with E-state index in [4.69, 9.17) is 12.2 Å². The summed E-state index contributed by atoms with van der Waals surface area (Å²) in [6.07, 6.45) is 14.2. The molecule has 0 aliphatic heterocycles. The van der Waals surface area contributed by atoms with Crippen LogP contribution in [0.3, 0.4) is 0 Å². The quantitative estimate of drug-likeness (QED) is 0.298. The van der Waals surface area contributed by atoms with Crippen molar-refractivity contribution in [2.75, 3.05) is 13.2 Å². The van der Waals surface area contributed by atoms with Gasteiger partial charge in [0.25, 0.3) is 0 Å². The molecule has 3 nitrogen and oxygen atoms in total. The molecule has 3 N–H and O–H groups in total. The Morgan fingerprint density at radius 3 is 2.08 bits per heavy atom. The Morgan fingerprint density at radius 1 is 0.923 bits per heavy atom. The highest BCUT2D eigenvalue weighted by Crippen LogP contribution is 2.10. The number of aliphatic hydroxyl groups excluding tert-OH is 1. The molecule has 0 aliphatic carbocycles. The molecule has 0 bridgehead atoms. The maximum atomic E-state index is 9.55. The largest absolute Gasteiger partial charge is 0.394 e. The zero-order valence-corrected chi connectivity index (χ0v) is 17.3. The van der Waals surface area contributed by atoms with Crippen molar-refractivity contribution in [3.05, 3.63) is 35.9 Å². The maximum absolute atomic E-state index is 9.55. The average molecular weight is 379 g/mol. The molecule has 0 spiro atoms. The molecule has 148 valence electrons. The summed E-state index contributed by atoms with van der Waals surface area (Å²) in [5.41, 5.74) is 1.21. The van der Waals surface area contributed by atoms with E-state index in [-0.39, 0.29) is 12.6 Å². The second kappa shape index (κ2) is 16.1. The van der Waals surface area contributed by atoms with Crippen molar-refractivity contribution < 1.29 is 5.11 Å². The number of thiocarbonyl (C=S) groups is 1. The first-order valence-electron chi connectivity index (χ1n) is 10.5. The van der Waals surface area contributed by atoms with Crippen LogP contribution < -0.4 is 10.6 Å². The summed E-state index contributed by atoms with van der Waals surface area (Å²) in [5.74, 6) is 0. The Kier molecular flexibility index (Phi) is 14.2. The number of nitrogens with one attached hydrogen (secondary N) is 2. The van der Waals surface area contributed by atoms with Crippen molar-refractivity contribution in [2.45, 2.75) is 83.6 Å². The SMILES string of the molecule is CCCCCCCCCCCCNC(=S)N[C@@H](CO)Cc1ccccc1. The summed E-state index contributed by atoms with van der Waals surface area (Å²) in [7, 11) is 0.